The van der Waals surface area contributed by atoms with E-state index >= 15 is 0 Å². The minimum absolute atomic E-state index is 0.0831. The molecule has 1 saturated heterocycles. The molecule has 0 amide bonds. The average Bonchev–Trinajstić information content (AvgIpc) is 2.52. The first-order valence-corrected chi connectivity index (χ1v) is 8.59. The van der Waals surface area contributed by atoms with E-state index in [0.717, 1.165) is 19.4 Å². The molecule has 1 unspecified atom stereocenters. The number of carbonyl (C=O) groups excluding carboxylic acids is 1. The van der Waals surface area contributed by atoms with Crippen molar-refractivity contribution in [3.05, 3.63) is 29.3 Å². The summed E-state index contributed by atoms with van der Waals surface area (Å²) in [5.74, 6) is 0.396. The highest BCUT2D eigenvalue weighted by Crippen LogP contribution is 2.45. The van der Waals surface area contributed by atoms with Crippen molar-refractivity contribution in [2.45, 2.75) is 51.1 Å². The minimum atomic E-state index is -0.169. The van der Waals surface area contributed by atoms with Crippen LogP contribution in [0.4, 0.5) is 0 Å². The number of carbonyl (C=O) groups is 1. The van der Waals surface area contributed by atoms with Crippen LogP contribution in [0.2, 0.25) is 0 Å². The van der Waals surface area contributed by atoms with Crippen LogP contribution in [-0.4, -0.2) is 43.6 Å². The van der Waals surface area contributed by atoms with Gasteiger partial charge >= 0.3 is 5.97 Å². The van der Waals surface area contributed by atoms with Crippen molar-refractivity contribution in [2.75, 3.05) is 20.6 Å². The van der Waals surface area contributed by atoms with Gasteiger partial charge in [0.05, 0.1) is 5.92 Å². The molecular formula is C19H28N2O2. The molecular weight excluding hydrogens is 288 g/mol. The molecule has 3 rings (SSSR count). The molecule has 1 N–H and O–H groups in total. The molecule has 1 aliphatic heterocycles. The number of likely N-dealkylation sites (N-methyl/N-ethyl adjacent to an activating group) is 2. The molecule has 3 atom stereocenters. The zero-order chi connectivity index (χ0) is 16.8. The van der Waals surface area contributed by atoms with Crippen molar-refractivity contribution in [1.29, 1.82) is 0 Å². The van der Waals surface area contributed by atoms with Crippen molar-refractivity contribution in [3.8, 4) is 5.75 Å². The third kappa shape index (κ3) is 2.68. The van der Waals surface area contributed by atoms with Crippen LogP contribution >= 0.6 is 0 Å². The van der Waals surface area contributed by atoms with Gasteiger partial charge in [-0.3, -0.25) is 4.79 Å². The summed E-state index contributed by atoms with van der Waals surface area (Å²) in [6.45, 7) is 7.18. The van der Waals surface area contributed by atoms with Gasteiger partial charge in [0.1, 0.15) is 5.75 Å². The van der Waals surface area contributed by atoms with Gasteiger partial charge < -0.3 is 15.0 Å². The maximum Gasteiger partial charge on any atom is 0.313 e. The molecule has 0 radical (unpaired) electrons. The molecule has 1 aliphatic carbocycles. The monoisotopic (exact) mass is 316 g/mol. The quantitative estimate of drug-likeness (QED) is 0.686. The number of nitrogens with one attached hydrogen (secondary N) is 1. The molecule has 1 aromatic carbocycles. The van der Waals surface area contributed by atoms with Gasteiger partial charge in [-0.2, -0.15) is 0 Å². The largest absolute Gasteiger partial charge is 0.426 e. The Labute approximate surface area is 139 Å². The lowest BCUT2D eigenvalue weighted by molar-refractivity contribution is -0.137. The minimum Gasteiger partial charge on any atom is -0.426 e. The Hall–Kier alpha value is -1.39. The van der Waals surface area contributed by atoms with Crippen molar-refractivity contribution in [2.24, 2.45) is 5.92 Å². The van der Waals surface area contributed by atoms with Crippen LogP contribution in [0.1, 0.15) is 38.3 Å². The highest BCUT2D eigenvalue weighted by Gasteiger charge is 2.49. The fraction of sp³-hybridized carbons (Fsp3) is 0.632. The maximum atomic E-state index is 11.9. The normalized spacial score (nSPS) is 30.2. The summed E-state index contributed by atoms with van der Waals surface area (Å²) >= 11 is 0. The van der Waals surface area contributed by atoms with Gasteiger partial charge in [0, 0.05) is 17.5 Å². The van der Waals surface area contributed by atoms with E-state index < -0.39 is 0 Å². The van der Waals surface area contributed by atoms with Gasteiger partial charge in [-0.1, -0.05) is 26.8 Å². The van der Waals surface area contributed by atoms with Crippen LogP contribution < -0.4 is 10.1 Å². The summed E-state index contributed by atoms with van der Waals surface area (Å²) in [4.78, 5) is 14.4. The van der Waals surface area contributed by atoms with Gasteiger partial charge in [-0.25, -0.2) is 0 Å². The van der Waals surface area contributed by atoms with Crippen LogP contribution in [0.25, 0.3) is 0 Å². The van der Waals surface area contributed by atoms with Gasteiger partial charge in [-0.05, 0) is 56.7 Å². The van der Waals surface area contributed by atoms with Crippen molar-refractivity contribution in [1.82, 2.24) is 10.2 Å². The molecule has 1 aromatic rings. The second-order valence-corrected chi connectivity index (χ2v) is 7.58. The molecule has 1 fully saturated rings. The lowest BCUT2D eigenvalue weighted by Crippen LogP contribution is -2.65. The number of hydrogen-bond donors (Lipinski definition) is 1. The molecule has 4 heteroatoms. The average molecular weight is 316 g/mol. The van der Waals surface area contributed by atoms with Gasteiger partial charge in [0.15, 0.2) is 0 Å². The van der Waals surface area contributed by atoms with E-state index in [1.807, 2.05) is 19.9 Å². The fourth-order valence-electron chi connectivity index (χ4n) is 4.28. The predicted octanol–water partition coefficient (Wildman–Crippen LogP) is 2.35. The van der Waals surface area contributed by atoms with E-state index in [1.165, 1.54) is 11.1 Å². The van der Waals surface area contributed by atoms with Crippen LogP contribution in [-0.2, 0) is 16.6 Å². The third-order valence-corrected chi connectivity index (χ3v) is 5.75. The summed E-state index contributed by atoms with van der Waals surface area (Å²) in [5, 5.41) is 3.55. The Morgan fingerprint density at radius 1 is 1.43 bits per heavy atom. The number of hydrogen-bond acceptors (Lipinski definition) is 4. The van der Waals surface area contributed by atoms with E-state index in [2.05, 4.69) is 43.4 Å². The molecule has 0 spiro atoms. The van der Waals surface area contributed by atoms with Crippen molar-refractivity contribution >= 4 is 5.97 Å². The van der Waals surface area contributed by atoms with Crippen LogP contribution in [0, 0.1) is 5.92 Å². The fourth-order valence-corrected chi connectivity index (χ4v) is 4.28. The van der Waals surface area contributed by atoms with Crippen LogP contribution in [0.3, 0.4) is 0 Å². The van der Waals surface area contributed by atoms with E-state index in [0.29, 0.717) is 17.8 Å². The Morgan fingerprint density at radius 2 is 2.17 bits per heavy atom. The predicted molar refractivity (Wildman–Crippen MR) is 91.9 cm³/mol. The second kappa shape index (κ2) is 5.91. The zero-order valence-corrected chi connectivity index (χ0v) is 14.8. The highest BCUT2D eigenvalue weighted by atomic mass is 16.5. The van der Waals surface area contributed by atoms with Gasteiger partial charge in [0.2, 0.25) is 0 Å². The lowest BCUT2D eigenvalue weighted by Gasteiger charge is -2.54. The highest BCUT2D eigenvalue weighted by molar-refractivity contribution is 5.74. The van der Waals surface area contributed by atoms with Crippen LogP contribution in [0.15, 0.2) is 18.2 Å². The lowest BCUT2D eigenvalue weighted by atomic mass is 9.62. The summed E-state index contributed by atoms with van der Waals surface area (Å²) in [6, 6.07) is 7.13. The number of ether oxygens (including phenoxy) is 1. The second-order valence-electron chi connectivity index (χ2n) is 7.58. The zero-order valence-electron chi connectivity index (χ0n) is 14.8. The molecule has 2 bridgehead atoms. The number of likely N-dealkylation sites (tertiary alicyclic amines) is 1. The Morgan fingerprint density at radius 3 is 2.83 bits per heavy atom. The Bertz CT molecular complexity index is 613. The summed E-state index contributed by atoms with van der Waals surface area (Å²) in [7, 11) is 4.28. The summed E-state index contributed by atoms with van der Waals surface area (Å²) < 4.78 is 5.54. The van der Waals surface area contributed by atoms with Crippen molar-refractivity contribution < 1.29 is 9.53 Å². The number of nitrogens with zero attached hydrogens (tertiary/aromatic N) is 1. The molecule has 0 saturated carbocycles. The SMILES string of the molecule is CN[C@H]1C2Cc3ccc(OC(=O)C(C)C)cc3[C@@]1(C)CCN2C. The standard InChI is InChI=1S/C19H28N2O2/c1-12(2)18(22)23-14-7-6-13-10-16-17(20-4)19(3,15(13)11-14)8-9-21(16)5/h6-7,11-12,16-17,20H,8-10H2,1-5H3/t16?,17-,19+/m0/s1. The Balaban J connectivity index is 1.99. The summed E-state index contributed by atoms with van der Waals surface area (Å²) in [5.41, 5.74) is 2.81. The topological polar surface area (TPSA) is 41.6 Å². The first kappa shape index (κ1) is 16.5. The number of esters is 1. The molecule has 0 aromatic heterocycles. The van der Waals surface area contributed by atoms with Crippen LogP contribution in [0.5, 0.6) is 5.75 Å². The van der Waals surface area contributed by atoms with E-state index in [1.54, 1.807) is 0 Å². The summed E-state index contributed by atoms with van der Waals surface area (Å²) in [6.07, 6.45) is 2.16. The van der Waals surface area contributed by atoms with Crippen molar-refractivity contribution in [3.63, 3.8) is 0 Å². The first-order chi connectivity index (χ1) is 10.9. The third-order valence-electron chi connectivity index (χ3n) is 5.75. The van der Waals surface area contributed by atoms with E-state index in [9.17, 15) is 4.79 Å². The van der Waals surface area contributed by atoms with Gasteiger partial charge in [-0.15, -0.1) is 0 Å². The molecule has 1 heterocycles. The van der Waals surface area contributed by atoms with E-state index in [4.69, 9.17) is 4.74 Å². The number of rotatable bonds is 3. The number of benzene rings is 1. The number of fused-ring (bicyclic) bond motifs is 4. The molecule has 2 aliphatic rings. The Kier molecular flexibility index (Phi) is 4.23. The molecule has 4 nitrogen and oxygen atoms in total. The number of piperidine rings is 1. The van der Waals surface area contributed by atoms with Gasteiger partial charge in [0.25, 0.3) is 0 Å². The first-order valence-electron chi connectivity index (χ1n) is 8.59. The van der Waals surface area contributed by atoms with E-state index in [-0.39, 0.29) is 17.3 Å². The molecule has 23 heavy (non-hydrogen) atoms. The molecule has 126 valence electrons. The maximum absolute atomic E-state index is 11.9. The smallest absolute Gasteiger partial charge is 0.313 e.